The summed E-state index contributed by atoms with van der Waals surface area (Å²) < 4.78 is 16.8. The van der Waals surface area contributed by atoms with Crippen LogP contribution in [0.4, 0.5) is 5.69 Å². The lowest BCUT2D eigenvalue weighted by molar-refractivity contribution is 0.171. The van der Waals surface area contributed by atoms with Crippen molar-refractivity contribution in [3.63, 3.8) is 0 Å². The van der Waals surface area contributed by atoms with E-state index in [9.17, 15) is 0 Å². The smallest absolute Gasteiger partial charge is 0.163 e. The van der Waals surface area contributed by atoms with E-state index >= 15 is 0 Å². The predicted octanol–water partition coefficient (Wildman–Crippen LogP) is 3.58. The third-order valence-corrected chi connectivity index (χ3v) is 3.75. The van der Waals surface area contributed by atoms with E-state index in [1.54, 1.807) is 6.07 Å². The molecule has 0 spiro atoms. The highest BCUT2D eigenvalue weighted by atomic mass is 35.5. The Labute approximate surface area is 128 Å². The van der Waals surface area contributed by atoms with Crippen LogP contribution >= 0.6 is 11.6 Å². The fourth-order valence-corrected chi connectivity index (χ4v) is 2.26. The Kier molecular flexibility index (Phi) is 3.80. The Bertz CT molecular complexity index is 673. The molecule has 0 amide bonds. The fourth-order valence-electron chi connectivity index (χ4n) is 2.14. The fraction of sp³-hybridized carbons (Fsp3) is 0.250. The number of nitrogens with two attached hydrogens (primary N) is 1. The lowest BCUT2D eigenvalue weighted by Crippen LogP contribution is -2.16. The standard InChI is InChI=1S/C16H16ClNO3/c1-10-6-12(2-3-13(10)17)21-9-11-7-15-16(8-14(11)18)20-5-4-19-15/h2-3,6-8H,4-5,9,18H2,1H3. The van der Waals surface area contributed by atoms with Crippen LogP contribution in [0.15, 0.2) is 30.3 Å². The van der Waals surface area contributed by atoms with Crippen molar-refractivity contribution < 1.29 is 14.2 Å². The minimum absolute atomic E-state index is 0.365. The summed E-state index contributed by atoms with van der Waals surface area (Å²) in [7, 11) is 0. The molecule has 5 heteroatoms. The Morgan fingerprint density at radius 2 is 1.86 bits per heavy atom. The van der Waals surface area contributed by atoms with Crippen molar-refractivity contribution in [2.24, 2.45) is 0 Å². The summed E-state index contributed by atoms with van der Waals surface area (Å²) in [5.41, 5.74) is 8.50. The molecule has 2 aromatic carbocycles. The second-order valence-corrected chi connectivity index (χ2v) is 5.30. The molecule has 0 aromatic heterocycles. The molecule has 0 radical (unpaired) electrons. The Morgan fingerprint density at radius 1 is 1.14 bits per heavy atom. The molecular weight excluding hydrogens is 290 g/mol. The molecule has 0 atom stereocenters. The molecule has 3 rings (SSSR count). The van der Waals surface area contributed by atoms with E-state index in [-0.39, 0.29) is 0 Å². The summed E-state index contributed by atoms with van der Waals surface area (Å²) in [4.78, 5) is 0. The summed E-state index contributed by atoms with van der Waals surface area (Å²) in [5, 5.41) is 0.723. The Hall–Kier alpha value is -2.07. The number of benzene rings is 2. The average Bonchev–Trinajstić information content (AvgIpc) is 2.48. The number of anilines is 1. The van der Waals surface area contributed by atoms with E-state index in [1.165, 1.54) is 0 Å². The third-order valence-electron chi connectivity index (χ3n) is 3.33. The van der Waals surface area contributed by atoms with Crippen LogP contribution in [-0.4, -0.2) is 13.2 Å². The minimum atomic E-state index is 0.365. The van der Waals surface area contributed by atoms with Gasteiger partial charge in [0.1, 0.15) is 25.6 Å². The summed E-state index contributed by atoms with van der Waals surface area (Å²) in [6.07, 6.45) is 0. The molecule has 1 aliphatic heterocycles. The zero-order valence-electron chi connectivity index (χ0n) is 11.7. The van der Waals surface area contributed by atoms with E-state index in [0.717, 1.165) is 21.9 Å². The van der Waals surface area contributed by atoms with E-state index in [0.29, 0.717) is 37.0 Å². The van der Waals surface area contributed by atoms with Gasteiger partial charge in [-0.05, 0) is 36.8 Å². The van der Waals surface area contributed by atoms with Gasteiger partial charge in [0, 0.05) is 22.3 Å². The maximum absolute atomic E-state index is 6.03. The van der Waals surface area contributed by atoms with Crippen molar-refractivity contribution in [2.75, 3.05) is 18.9 Å². The molecule has 1 heterocycles. The maximum atomic E-state index is 6.03. The molecule has 1 aliphatic rings. The van der Waals surface area contributed by atoms with Gasteiger partial charge in [-0.15, -0.1) is 0 Å². The number of aryl methyl sites for hydroxylation is 1. The number of hydrogen-bond acceptors (Lipinski definition) is 4. The summed E-state index contributed by atoms with van der Waals surface area (Å²) in [6, 6.07) is 9.20. The molecule has 0 aliphatic carbocycles. The van der Waals surface area contributed by atoms with Crippen molar-refractivity contribution in [3.8, 4) is 17.2 Å². The Balaban J connectivity index is 1.77. The van der Waals surface area contributed by atoms with Crippen LogP contribution < -0.4 is 19.9 Å². The minimum Gasteiger partial charge on any atom is -0.489 e. The molecule has 0 saturated carbocycles. The molecule has 2 aromatic rings. The number of halogens is 1. The number of rotatable bonds is 3. The van der Waals surface area contributed by atoms with Gasteiger partial charge in [-0.3, -0.25) is 0 Å². The molecule has 4 nitrogen and oxygen atoms in total. The van der Waals surface area contributed by atoms with Gasteiger partial charge in [-0.2, -0.15) is 0 Å². The first kappa shape index (κ1) is 13.9. The number of ether oxygens (including phenoxy) is 3. The highest BCUT2D eigenvalue weighted by Crippen LogP contribution is 2.35. The summed E-state index contributed by atoms with van der Waals surface area (Å²) in [6.45, 7) is 3.40. The van der Waals surface area contributed by atoms with Crippen LogP contribution in [0.3, 0.4) is 0 Å². The third kappa shape index (κ3) is 3.00. The largest absolute Gasteiger partial charge is 0.489 e. The molecule has 0 fully saturated rings. The van der Waals surface area contributed by atoms with Crippen LogP contribution in [0, 0.1) is 6.92 Å². The van der Waals surface area contributed by atoms with Crippen molar-refractivity contribution in [3.05, 3.63) is 46.5 Å². The zero-order chi connectivity index (χ0) is 14.8. The monoisotopic (exact) mass is 305 g/mol. The maximum Gasteiger partial charge on any atom is 0.163 e. The first-order valence-corrected chi connectivity index (χ1v) is 7.08. The topological polar surface area (TPSA) is 53.7 Å². The van der Waals surface area contributed by atoms with E-state index in [2.05, 4.69) is 0 Å². The van der Waals surface area contributed by atoms with Crippen LogP contribution in [0.2, 0.25) is 5.02 Å². The second kappa shape index (κ2) is 5.74. The highest BCUT2D eigenvalue weighted by molar-refractivity contribution is 6.31. The van der Waals surface area contributed by atoms with Crippen LogP contribution in [-0.2, 0) is 6.61 Å². The van der Waals surface area contributed by atoms with Gasteiger partial charge < -0.3 is 19.9 Å². The molecule has 21 heavy (non-hydrogen) atoms. The SMILES string of the molecule is Cc1cc(OCc2cc3c(cc2N)OCCO3)ccc1Cl. The molecule has 0 saturated heterocycles. The first-order chi connectivity index (χ1) is 10.1. The summed E-state index contributed by atoms with van der Waals surface area (Å²) >= 11 is 6.00. The van der Waals surface area contributed by atoms with Gasteiger partial charge in [0.25, 0.3) is 0 Å². The Morgan fingerprint density at radius 3 is 2.57 bits per heavy atom. The number of nitrogen functional groups attached to an aromatic ring is 1. The van der Waals surface area contributed by atoms with Gasteiger partial charge in [-0.25, -0.2) is 0 Å². The molecule has 0 bridgehead atoms. The van der Waals surface area contributed by atoms with E-state index < -0.39 is 0 Å². The van der Waals surface area contributed by atoms with Crippen LogP contribution in [0.25, 0.3) is 0 Å². The van der Waals surface area contributed by atoms with Crippen molar-refractivity contribution in [1.29, 1.82) is 0 Å². The van der Waals surface area contributed by atoms with Gasteiger partial charge in [0.2, 0.25) is 0 Å². The predicted molar refractivity (Wildman–Crippen MR) is 82.4 cm³/mol. The normalized spacial score (nSPS) is 13.0. The van der Waals surface area contributed by atoms with Gasteiger partial charge >= 0.3 is 0 Å². The lowest BCUT2D eigenvalue weighted by Gasteiger charge is -2.20. The van der Waals surface area contributed by atoms with Crippen LogP contribution in [0.1, 0.15) is 11.1 Å². The molecular formula is C16H16ClNO3. The quantitative estimate of drug-likeness (QED) is 0.881. The van der Waals surface area contributed by atoms with Crippen molar-refractivity contribution in [2.45, 2.75) is 13.5 Å². The van der Waals surface area contributed by atoms with Gasteiger partial charge in [0.05, 0.1) is 0 Å². The van der Waals surface area contributed by atoms with Crippen LogP contribution in [0.5, 0.6) is 17.2 Å². The van der Waals surface area contributed by atoms with Gasteiger partial charge in [-0.1, -0.05) is 11.6 Å². The molecule has 2 N–H and O–H groups in total. The number of hydrogen-bond donors (Lipinski definition) is 1. The zero-order valence-corrected chi connectivity index (χ0v) is 12.4. The second-order valence-electron chi connectivity index (χ2n) is 4.89. The first-order valence-electron chi connectivity index (χ1n) is 6.70. The lowest BCUT2D eigenvalue weighted by atomic mass is 10.1. The van der Waals surface area contributed by atoms with E-state index in [4.69, 9.17) is 31.5 Å². The van der Waals surface area contributed by atoms with Crippen molar-refractivity contribution >= 4 is 17.3 Å². The average molecular weight is 306 g/mol. The molecule has 0 unspecified atom stereocenters. The molecule has 110 valence electrons. The highest BCUT2D eigenvalue weighted by Gasteiger charge is 2.15. The van der Waals surface area contributed by atoms with Gasteiger partial charge in [0.15, 0.2) is 11.5 Å². The van der Waals surface area contributed by atoms with E-state index in [1.807, 2.05) is 31.2 Å². The summed E-state index contributed by atoms with van der Waals surface area (Å²) in [5.74, 6) is 2.15. The van der Waals surface area contributed by atoms with Crippen molar-refractivity contribution in [1.82, 2.24) is 0 Å². The number of fused-ring (bicyclic) bond motifs is 1.